The summed E-state index contributed by atoms with van der Waals surface area (Å²) in [4.78, 5) is 0. The molecule has 0 bridgehead atoms. The first kappa shape index (κ1) is 11.9. The van der Waals surface area contributed by atoms with Crippen LogP contribution in [-0.4, -0.2) is 9.78 Å². The molecule has 1 heterocycles. The van der Waals surface area contributed by atoms with Gasteiger partial charge < -0.3 is 4.74 Å². The van der Waals surface area contributed by atoms with Crippen molar-refractivity contribution < 1.29 is 9.13 Å². The van der Waals surface area contributed by atoms with Crippen LogP contribution < -0.4 is 4.74 Å². The summed E-state index contributed by atoms with van der Waals surface area (Å²) in [5.41, 5.74) is 1.64. The average molecular weight is 255 g/mol. The number of alkyl halides is 1. The van der Waals surface area contributed by atoms with Gasteiger partial charge >= 0.3 is 0 Å². The maximum atomic E-state index is 13.2. The van der Waals surface area contributed by atoms with E-state index < -0.39 is 0 Å². The maximum absolute atomic E-state index is 13.2. The van der Waals surface area contributed by atoms with Crippen molar-refractivity contribution in [1.29, 1.82) is 0 Å². The van der Waals surface area contributed by atoms with Crippen LogP contribution in [-0.2, 0) is 19.5 Å². The lowest BCUT2D eigenvalue weighted by Gasteiger charge is -2.06. The molecule has 0 saturated carbocycles. The maximum Gasteiger partial charge on any atom is 0.127 e. The molecule has 3 nitrogen and oxygen atoms in total. The van der Waals surface area contributed by atoms with Gasteiger partial charge in [-0.15, -0.1) is 11.6 Å². The van der Waals surface area contributed by atoms with Gasteiger partial charge in [-0.25, -0.2) is 4.39 Å². The summed E-state index contributed by atoms with van der Waals surface area (Å²) in [6.45, 7) is 0.360. The Bertz CT molecular complexity index is 513. The third-order valence-corrected chi connectivity index (χ3v) is 2.56. The van der Waals surface area contributed by atoms with Gasteiger partial charge in [-0.05, 0) is 17.7 Å². The predicted octanol–water partition coefficient (Wildman–Crippen LogP) is 2.88. The molecule has 0 aliphatic rings. The van der Waals surface area contributed by atoms with Crippen LogP contribution >= 0.6 is 11.6 Å². The van der Waals surface area contributed by atoms with Gasteiger partial charge in [0.2, 0.25) is 0 Å². The van der Waals surface area contributed by atoms with E-state index in [2.05, 4.69) is 5.10 Å². The molecule has 0 N–H and O–H groups in total. The molecule has 0 aliphatic heterocycles. The average Bonchev–Trinajstić information content (AvgIpc) is 2.72. The van der Waals surface area contributed by atoms with E-state index in [1.165, 1.54) is 12.1 Å². The number of halogens is 2. The van der Waals surface area contributed by atoms with E-state index in [0.29, 0.717) is 17.9 Å². The predicted molar refractivity (Wildman–Crippen MR) is 63.5 cm³/mol. The number of rotatable bonds is 4. The number of aryl methyl sites for hydroxylation is 1. The number of ether oxygens (including phenoxy) is 1. The summed E-state index contributed by atoms with van der Waals surface area (Å²) in [5.74, 6) is 0.398. The van der Waals surface area contributed by atoms with Crippen LogP contribution in [0.4, 0.5) is 4.39 Å². The highest BCUT2D eigenvalue weighted by Crippen LogP contribution is 2.18. The van der Waals surface area contributed by atoms with Crippen molar-refractivity contribution in [2.24, 2.45) is 7.05 Å². The molecule has 0 unspecified atom stereocenters. The molecule has 0 aliphatic carbocycles. The van der Waals surface area contributed by atoms with Gasteiger partial charge in [0, 0.05) is 30.8 Å². The van der Waals surface area contributed by atoms with Crippen molar-refractivity contribution in [2.45, 2.75) is 12.5 Å². The fraction of sp³-hybridized carbons (Fsp3) is 0.250. The van der Waals surface area contributed by atoms with Gasteiger partial charge in [-0.1, -0.05) is 0 Å². The third kappa shape index (κ3) is 3.20. The van der Waals surface area contributed by atoms with Crippen molar-refractivity contribution in [3.05, 3.63) is 47.5 Å². The Kier molecular flexibility index (Phi) is 3.64. The molecule has 2 rings (SSSR count). The smallest absolute Gasteiger partial charge is 0.127 e. The number of aromatic nitrogens is 2. The second kappa shape index (κ2) is 5.19. The zero-order chi connectivity index (χ0) is 12.3. The van der Waals surface area contributed by atoms with Gasteiger partial charge in [0.05, 0.1) is 6.20 Å². The monoisotopic (exact) mass is 254 g/mol. The Morgan fingerprint density at radius 1 is 1.35 bits per heavy atom. The minimum Gasteiger partial charge on any atom is -0.489 e. The highest BCUT2D eigenvalue weighted by Gasteiger charge is 2.02. The summed E-state index contributed by atoms with van der Waals surface area (Å²) in [6.07, 6.45) is 3.56. The summed E-state index contributed by atoms with van der Waals surface area (Å²) < 4.78 is 20.4. The van der Waals surface area contributed by atoms with Crippen LogP contribution in [0.1, 0.15) is 11.1 Å². The van der Waals surface area contributed by atoms with E-state index in [-0.39, 0.29) is 11.7 Å². The number of benzene rings is 1. The van der Waals surface area contributed by atoms with E-state index in [1.807, 2.05) is 13.2 Å². The first-order valence-corrected chi connectivity index (χ1v) is 5.66. The van der Waals surface area contributed by atoms with Crippen molar-refractivity contribution in [2.75, 3.05) is 0 Å². The molecule has 0 atom stereocenters. The number of nitrogens with zero attached hydrogens (tertiary/aromatic N) is 2. The Hall–Kier alpha value is -1.55. The van der Waals surface area contributed by atoms with Gasteiger partial charge in [-0.2, -0.15) is 5.10 Å². The topological polar surface area (TPSA) is 27.1 Å². The molecule has 0 fully saturated rings. The lowest BCUT2D eigenvalue weighted by atomic mass is 10.2. The molecule has 0 radical (unpaired) electrons. The van der Waals surface area contributed by atoms with Crippen molar-refractivity contribution in [3.8, 4) is 5.75 Å². The lowest BCUT2D eigenvalue weighted by Crippen LogP contribution is -1.95. The summed E-state index contributed by atoms with van der Waals surface area (Å²) >= 11 is 5.66. The minimum atomic E-state index is -0.343. The van der Waals surface area contributed by atoms with Crippen molar-refractivity contribution in [1.82, 2.24) is 9.78 Å². The SMILES string of the molecule is Cn1cc(COc2cc(F)cc(CCl)c2)cn1. The van der Waals surface area contributed by atoms with Gasteiger partial charge in [0.1, 0.15) is 18.2 Å². The summed E-state index contributed by atoms with van der Waals surface area (Å²) in [6, 6.07) is 4.46. The lowest BCUT2D eigenvalue weighted by molar-refractivity contribution is 0.304. The fourth-order valence-electron chi connectivity index (χ4n) is 1.49. The first-order valence-electron chi connectivity index (χ1n) is 5.13. The van der Waals surface area contributed by atoms with Crippen LogP contribution in [0.2, 0.25) is 0 Å². The molecule has 0 saturated heterocycles. The fourth-order valence-corrected chi connectivity index (χ4v) is 1.65. The van der Waals surface area contributed by atoms with Gasteiger partial charge in [-0.3, -0.25) is 4.68 Å². The summed E-state index contributed by atoms with van der Waals surface area (Å²) in [5, 5.41) is 4.02. The van der Waals surface area contributed by atoms with Crippen LogP contribution in [0.15, 0.2) is 30.6 Å². The van der Waals surface area contributed by atoms with E-state index in [9.17, 15) is 4.39 Å². The zero-order valence-electron chi connectivity index (χ0n) is 9.36. The van der Waals surface area contributed by atoms with Crippen LogP contribution in [0, 0.1) is 5.82 Å². The number of hydrogen-bond donors (Lipinski definition) is 0. The Balaban J connectivity index is 2.05. The van der Waals surface area contributed by atoms with Crippen molar-refractivity contribution in [3.63, 3.8) is 0 Å². The standard InChI is InChI=1S/C12H12ClFN2O/c1-16-7-10(6-15-16)8-17-12-3-9(5-13)2-11(14)4-12/h2-4,6-7H,5,8H2,1H3. The quantitative estimate of drug-likeness (QED) is 0.785. The molecular formula is C12H12ClFN2O. The zero-order valence-corrected chi connectivity index (χ0v) is 10.1. The van der Waals surface area contributed by atoms with Gasteiger partial charge in [0.25, 0.3) is 0 Å². The molecule has 0 spiro atoms. The second-order valence-electron chi connectivity index (χ2n) is 3.74. The molecule has 17 heavy (non-hydrogen) atoms. The van der Waals surface area contributed by atoms with E-state index in [0.717, 1.165) is 5.56 Å². The Morgan fingerprint density at radius 3 is 2.82 bits per heavy atom. The first-order chi connectivity index (χ1) is 8.17. The summed E-state index contributed by atoms with van der Waals surface area (Å²) in [7, 11) is 1.83. The van der Waals surface area contributed by atoms with E-state index in [1.54, 1.807) is 16.9 Å². The second-order valence-corrected chi connectivity index (χ2v) is 4.01. The molecule has 0 amide bonds. The molecule has 2 aromatic rings. The normalized spacial score (nSPS) is 10.5. The number of hydrogen-bond acceptors (Lipinski definition) is 2. The molecule has 90 valence electrons. The Labute approximate surface area is 104 Å². The molecule has 1 aromatic heterocycles. The highest BCUT2D eigenvalue weighted by atomic mass is 35.5. The molecule has 5 heteroatoms. The van der Waals surface area contributed by atoms with Crippen LogP contribution in [0.5, 0.6) is 5.75 Å². The van der Waals surface area contributed by atoms with Crippen LogP contribution in [0.25, 0.3) is 0 Å². The Morgan fingerprint density at radius 2 is 2.18 bits per heavy atom. The third-order valence-electron chi connectivity index (χ3n) is 2.25. The van der Waals surface area contributed by atoms with E-state index in [4.69, 9.17) is 16.3 Å². The van der Waals surface area contributed by atoms with Gasteiger partial charge in [0.15, 0.2) is 0 Å². The van der Waals surface area contributed by atoms with Crippen molar-refractivity contribution >= 4 is 11.6 Å². The molecule has 1 aromatic carbocycles. The van der Waals surface area contributed by atoms with E-state index >= 15 is 0 Å². The minimum absolute atomic E-state index is 0.265. The molecular weight excluding hydrogens is 243 g/mol. The van der Waals surface area contributed by atoms with Crippen LogP contribution in [0.3, 0.4) is 0 Å². The largest absolute Gasteiger partial charge is 0.489 e. The highest BCUT2D eigenvalue weighted by molar-refractivity contribution is 6.17.